The highest BCUT2D eigenvalue weighted by Crippen LogP contribution is 2.28. The third-order valence-corrected chi connectivity index (χ3v) is 5.59. The van der Waals surface area contributed by atoms with Crippen LogP contribution in [0.3, 0.4) is 0 Å². The number of nitriles is 1. The van der Waals surface area contributed by atoms with Crippen molar-refractivity contribution >= 4 is 5.97 Å². The Morgan fingerprint density at radius 3 is 2.46 bits per heavy atom. The Labute approximate surface area is 205 Å². The van der Waals surface area contributed by atoms with E-state index < -0.39 is 12.1 Å². The van der Waals surface area contributed by atoms with Gasteiger partial charge in [0.2, 0.25) is 0 Å². The van der Waals surface area contributed by atoms with Crippen LogP contribution in [0.1, 0.15) is 35.3 Å². The molecular weight excluding hydrogens is 444 g/mol. The van der Waals surface area contributed by atoms with E-state index in [1.54, 1.807) is 37.4 Å². The van der Waals surface area contributed by atoms with E-state index in [0.717, 1.165) is 28.9 Å². The molecule has 3 N–H and O–H groups in total. The zero-order valence-corrected chi connectivity index (χ0v) is 20.1. The summed E-state index contributed by atoms with van der Waals surface area (Å²) in [5.41, 5.74) is 2.99. The van der Waals surface area contributed by atoms with Crippen LogP contribution >= 0.6 is 0 Å². The zero-order chi connectivity index (χ0) is 25.4. The third kappa shape index (κ3) is 7.31. The number of methoxy groups -OCH3 is 1. The standard InChI is InChI=1S/C28H30N2O5/c1-28(2,15-19-5-4-6-25(13-19)34-3)30-17-24(31)18-35-26-14-22(11-12-23(26)16-29)20-7-9-21(10-8-20)27(32)33/h4-14,24,30-31H,15,17-18H2,1-3H3,(H,32,33). The molecular formula is C28H30N2O5. The predicted octanol–water partition coefficient (Wildman–Crippen LogP) is 4.28. The van der Waals surface area contributed by atoms with E-state index in [2.05, 4.69) is 25.2 Å². The second-order valence-electron chi connectivity index (χ2n) is 8.96. The van der Waals surface area contributed by atoms with Crippen LogP contribution in [0.15, 0.2) is 66.7 Å². The molecule has 0 amide bonds. The average molecular weight is 475 g/mol. The summed E-state index contributed by atoms with van der Waals surface area (Å²) >= 11 is 0. The van der Waals surface area contributed by atoms with Gasteiger partial charge in [-0.25, -0.2) is 4.79 Å². The number of benzene rings is 3. The van der Waals surface area contributed by atoms with Gasteiger partial charge < -0.3 is 25.0 Å². The van der Waals surface area contributed by atoms with Gasteiger partial charge in [-0.15, -0.1) is 0 Å². The quantitative estimate of drug-likeness (QED) is 0.380. The Hall–Kier alpha value is -3.86. The molecule has 3 rings (SSSR count). The van der Waals surface area contributed by atoms with Gasteiger partial charge in [-0.2, -0.15) is 5.26 Å². The molecule has 182 valence electrons. The van der Waals surface area contributed by atoms with Gasteiger partial charge in [0.05, 0.1) is 18.2 Å². The molecule has 0 fully saturated rings. The van der Waals surface area contributed by atoms with E-state index in [1.807, 2.05) is 24.3 Å². The third-order valence-electron chi connectivity index (χ3n) is 5.59. The van der Waals surface area contributed by atoms with E-state index >= 15 is 0 Å². The van der Waals surface area contributed by atoms with Gasteiger partial charge in [0.25, 0.3) is 0 Å². The first kappa shape index (κ1) is 25.8. The van der Waals surface area contributed by atoms with Crippen molar-refractivity contribution in [1.29, 1.82) is 5.26 Å². The summed E-state index contributed by atoms with van der Waals surface area (Å²) in [6, 6.07) is 21.6. The minimum Gasteiger partial charge on any atom is -0.497 e. The highest BCUT2D eigenvalue weighted by molar-refractivity contribution is 5.88. The normalized spacial score (nSPS) is 12.0. The fourth-order valence-electron chi connectivity index (χ4n) is 3.71. The Morgan fingerprint density at radius 2 is 1.80 bits per heavy atom. The van der Waals surface area contributed by atoms with Gasteiger partial charge in [-0.3, -0.25) is 0 Å². The van der Waals surface area contributed by atoms with Gasteiger partial charge in [0, 0.05) is 12.1 Å². The molecule has 1 atom stereocenters. The van der Waals surface area contributed by atoms with Crippen LogP contribution in [0.5, 0.6) is 11.5 Å². The van der Waals surface area contributed by atoms with E-state index in [4.69, 9.17) is 14.6 Å². The molecule has 7 nitrogen and oxygen atoms in total. The first-order valence-electron chi connectivity index (χ1n) is 11.3. The summed E-state index contributed by atoms with van der Waals surface area (Å²) in [6.07, 6.45) is -0.0383. The maximum atomic E-state index is 11.1. The van der Waals surface area contributed by atoms with Crippen molar-refractivity contribution in [2.24, 2.45) is 0 Å². The Kier molecular flexibility index (Phi) is 8.48. The minimum atomic E-state index is -0.991. The van der Waals surface area contributed by atoms with E-state index in [1.165, 1.54) is 12.1 Å². The lowest BCUT2D eigenvalue weighted by atomic mass is 9.94. The lowest BCUT2D eigenvalue weighted by Crippen LogP contribution is -2.46. The van der Waals surface area contributed by atoms with Gasteiger partial charge in [-0.1, -0.05) is 30.3 Å². The van der Waals surface area contributed by atoms with Gasteiger partial charge in [0.15, 0.2) is 0 Å². The van der Waals surface area contributed by atoms with Gasteiger partial charge in [-0.05, 0) is 73.4 Å². The van der Waals surface area contributed by atoms with Crippen LogP contribution in [0.2, 0.25) is 0 Å². The molecule has 1 unspecified atom stereocenters. The monoisotopic (exact) mass is 474 g/mol. The molecule has 0 saturated carbocycles. The van der Waals surface area contributed by atoms with E-state index in [-0.39, 0.29) is 17.7 Å². The molecule has 35 heavy (non-hydrogen) atoms. The molecule has 0 spiro atoms. The van der Waals surface area contributed by atoms with Gasteiger partial charge in [0.1, 0.15) is 30.3 Å². The number of aromatic carboxylic acids is 1. The van der Waals surface area contributed by atoms with Crippen LogP contribution in [0.4, 0.5) is 0 Å². The Morgan fingerprint density at radius 1 is 1.09 bits per heavy atom. The van der Waals surface area contributed by atoms with E-state index in [9.17, 15) is 15.2 Å². The SMILES string of the molecule is COc1cccc(CC(C)(C)NCC(O)COc2cc(-c3ccc(C(=O)O)cc3)ccc2C#N)c1. The molecule has 3 aromatic rings. The number of nitrogens with one attached hydrogen (secondary N) is 1. The predicted molar refractivity (Wildman–Crippen MR) is 134 cm³/mol. The van der Waals surface area contributed by atoms with Crippen molar-refractivity contribution in [3.63, 3.8) is 0 Å². The first-order valence-corrected chi connectivity index (χ1v) is 11.3. The molecule has 0 radical (unpaired) electrons. The average Bonchev–Trinajstić information content (AvgIpc) is 2.86. The van der Waals surface area contributed by atoms with Crippen molar-refractivity contribution in [1.82, 2.24) is 5.32 Å². The van der Waals surface area contributed by atoms with Crippen molar-refractivity contribution in [3.05, 3.63) is 83.4 Å². The van der Waals surface area contributed by atoms with Crippen molar-refractivity contribution in [2.75, 3.05) is 20.3 Å². The molecule has 0 saturated heterocycles. The highest BCUT2D eigenvalue weighted by atomic mass is 16.5. The lowest BCUT2D eigenvalue weighted by Gasteiger charge is -2.28. The number of nitrogens with zero attached hydrogens (tertiary/aromatic N) is 1. The summed E-state index contributed by atoms with van der Waals surface area (Å²) < 4.78 is 11.1. The molecule has 7 heteroatoms. The number of ether oxygens (including phenoxy) is 2. The highest BCUT2D eigenvalue weighted by Gasteiger charge is 2.20. The first-order chi connectivity index (χ1) is 16.7. The number of carboxylic acids is 1. The summed E-state index contributed by atoms with van der Waals surface area (Å²) in [6.45, 7) is 4.45. The molecule has 0 bridgehead atoms. The number of hydrogen-bond acceptors (Lipinski definition) is 6. The molecule has 0 heterocycles. The topological polar surface area (TPSA) is 112 Å². The summed E-state index contributed by atoms with van der Waals surface area (Å²) in [5, 5.41) is 32.4. The number of rotatable bonds is 11. The van der Waals surface area contributed by atoms with Crippen LogP contribution < -0.4 is 14.8 Å². The maximum absolute atomic E-state index is 11.1. The molecule has 0 aliphatic rings. The number of carbonyl (C=O) groups is 1. The van der Waals surface area contributed by atoms with Gasteiger partial charge >= 0.3 is 5.97 Å². The largest absolute Gasteiger partial charge is 0.497 e. The summed E-state index contributed by atoms with van der Waals surface area (Å²) in [4.78, 5) is 11.1. The van der Waals surface area contributed by atoms with E-state index in [0.29, 0.717) is 17.9 Å². The second-order valence-corrected chi connectivity index (χ2v) is 8.96. The number of aliphatic hydroxyl groups is 1. The second kappa shape index (κ2) is 11.5. The Balaban J connectivity index is 1.60. The van der Waals surface area contributed by atoms with Crippen LogP contribution in [0.25, 0.3) is 11.1 Å². The van der Waals surface area contributed by atoms with Crippen molar-refractivity contribution in [2.45, 2.75) is 31.9 Å². The number of hydrogen-bond donors (Lipinski definition) is 3. The Bertz CT molecular complexity index is 1200. The lowest BCUT2D eigenvalue weighted by molar-refractivity contribution is 0.0697. The van der Waals surface area contributed by atoms with Crippen LogP contribution in [-0.2, 0) is 6.42 Å². The molecule has 3 aromatic carbocycles. The summed E-state index contributed by atoms with van der Waals surface area (Å²) in [5.74, 6) is 0.178. The number of aliphatic hydroxyl groups excluding tert-OH is 1. The fraction of sp³-hybridized carbons (Fsp3) is 0.286. The van der Waals surface area contributed by atoms with Crippen LogP contribution in [-0.4, -0.2) is 48.1 Å². The minimum absolute atomic E-state index is 0.0122. The van der Waals surface area contributed by atoms with Crippen molar-refractivity contribution < 1.29 is 24.5 Å². The molecule has 0 aromatic heterocycles. The molecule has 0 aliphatic heterocycles. The smallest absolute Gasteiger partial charge is 0.335 e. The number of carboxylic acid groups (broad SMARTS) is 1. The summed E-state index contributed by atoms with van der Waals surface area (Å²) in [7, 11) is 1.64. The van der Waals surface area contributed by atoms with Crippen LogP contribution in [0, 0.1) is 11.3 Å². The molecule has 0 aliphatic carbocycles. The maximum Gasteiger partial charge on any atom is 0.335 e. The number of β-amino-alcohol motifs (C(OH)–C–C–N with tert-alkyl or cyclic N) is 1. The van der Waals surface area contributed by atoms with Crippen molar-refractivity contribution in [3.8, 4) is 28.7 Å². The zero-order valence-electron chi connectivity index (χ0n) is 20.1. The fourth-order valence-corrected chi connectivity index (χ4v) is 3.71.